The number of allylic oxidation sites excluding steroid dienone is 4. The molecule has 10 nitrogen and oxygen atoms in total. The molecule has 5 rings (SSSR count). The second-order valence-corrected chi connectivity index (χ2v) is 10.5. The van der Waals surface area contributed by atoms with Crippen molar-refractivity contribution in [1.29, 1.82) is 0 Å². The number of carbonyl (C=O) groups excluding carboxylic acids is 2. The molecule has 41 heavy (non-hydrogen) atoms. The summed E-state index contributed by atoms with van der Waals surface area (Å²) in [5, 5.41) is 3.43. The van der Waals surface area contributed by atoms with Gasteiger partial charge in [0, 0.05) is 36.9 Å². The van der Waals surface area contributed by atoms with Gasteiger partial charge in [0.2, 0.25) is 17.3 Å². The number of carbonyl (C=O) groups is 2. The minimum atomic E-state index is -0.799. The molecule has 1 aromatic carbocycles. The lowest BCUT2D eigenvalue weighted by molar-refractivity contribution is -0.130. The first-order chi connectivity index (χ1) is 19.8. The van der Waals surface area contributed by atoms with E-state index in [1.54, 1.807) is 9.47 Å². The highest BCUT2D eigenvalue weighted by Gasteiger charge is 2.23. The third-order valence-electron chi connectivity index (χ3n) is 7.96. The van der Waals surface area contributed by atoms with Gasteiger partial charge in [0.1, 0.15) is 5.56 Å². The van der Waals surface area contributed by atoms with E-state index in [2.05, 4.69) is 34.0 Å². The van der Waals surface area contributed by atoms with Crippen LogP contribution in [0, 0.1) is 5.92 Å². The zero-order valence-corrected chi connectivity index (χ0v) is 23.2. The van der Waals surface area contributed by atoms with Crippen LogP contribution in [0.1, 0.15) is 47.7 Å². The lowest BCUT2D eigenvalue weighted by Gasteiger charge is -2.32. The highest BCUT2D eigenvalue weighted by molar-refractivity contribution is 5.96. The number of primary amides is 1. The Bertz CT molecular complexity index is 1650. The zero-order chi connectivity index (χ0) is 29.1. The second-order valence-electron chi connectivity index (χ2n) is 10.5. The van der Waals surface area contributed by atoms with Crippen molar-refractivity contribution in [1.82, 2.24) is 19.4 Å². The highest BCUT2D eigenvalue weighted by Crippen LogP contribution is 2.27. The number of nitrogens with two attached hydrogens (primary N) is 2. The average molecular weight is 554 g/mol. The molecule has 1 aliphatic carbocycles. The van der Waals surface area contributed by atoms with E-state index in [1.165, 1.54) is 23.5 Å². The van der Waals surface area contributed by atoms with Gasteiger partial charge in [0.15, 0.2) is 5.65 Å². The summed E-state index contributed by atoms with van der Waals surface area (Å²) >= 11 is 0. The maximum Gasteiger partial charge on any atom is 0.254 e. The van der Waals surface area contributed by atoms with Gasteiger partial charge in [0.05, 0.1) is 11.9 Å². The average Bonchev–Trinajstić information content (AvgIpc) is 3.47. The van der Waals surface area contributed by atoms with Gasteiger partial charge in [0.25, 0.3) is 5.91 Å². The van der Waals surface area contributed by atoms with Crippen LogP contribution in [-0.4, -0.2) is 50.9 Å². The van der Waals surface area contributed by atoms with Crippen LogP contribution in [0.2, 0.25) is 0 Å². The first kappa shape index (κ1) is 28.0. The Morgan fingerprint density at radius 3 is 2.63 bits per heavy atom. The van der Waals surface area contributed by atoms with Crippen LogP contribution in [0.5, 0.6) is 0 Å². The molecule has 1 aliphatic heterocycles. The first-order valence-electron chi connectivity index (χ1n) is 13.9. The van der Waals surface area contributed by atoms with Crippen molar-refractivity contribution in [3.05, 3.63) is 93.6 Å². The van der Waals surface area contributed by atoms with E-state index in [9.17, 15) is 14.4 Å². The Kier molecular flexibility index (Phi) is 8.11. The number of rotatable bonds is 8. The number of pyridine rings is 1. The molecule has 0 spiro atoms. The molecule has 5 N–H and O–H groups in total. The molecule has 0 atom stereocenters. The lowest BCUT2D eigenvalue weighted by atomic mass is 9.89. The fourth-order valence-electron chi connectivity index (χ4n) is 5.55. The molecule has 1 saturated heterocycles. The van der Waals surface area contributed by atoms with E-state index >= 15 is 0 Å². The van der Waals surface area contributed by atoms with Gasteiger partial charge in [-0.3, -0.25) is 14.4 Å². The molecule has 0 radical (unpaired) electrons. The van der Waals surface area contributed by atoms with Gasteiger partial charge in [-0.2, -0.15) is 4.98 Å². The Hall–Kier alpha value is -4.57. The third kappa shape index (κ3) is 5.83. The number of benzene rings is 1. The zero-order valence-electron chi connectivity index (χ0n) is 23.2. The summed E-state index contributed by atoms with van der Waals surface area (Å²) in [5.41, 5.74) is 15.9. The summed E-state index contributed by atoms with van der Waals surface area (Å²) in [6.45, 7) is 7.53. The number of piperidine rings is 1. The number of hydrogen-bond acceptors (Lipinski definition) is 7. The van der Waals surface area contributed by atoms with Crippen molar-refractivity contribution in [2.45, 2.75) is 39.0 Å². The van der Waals surface area contributed by atoms with Crippen molar-refractivity contribution >= 4 is 28.8 Å². The summed E-state index contributed by atoms with van der Waals surface area (Å²) in [6.07, 6.45) is 13.5. The van der Waals surface area contributed by atoms with E-state index in [4.69, 9.17) is 11.5 Å². The summed E-state index contributed by atoms with van der Waals surface area (Å²) in [7, 11) is 0. The van der Waals surface area contributed by atoms with Gasteiger partial charge in [-0.1, -0.05) is 30.4 Å². The fraction of sp³-hybridized carbons (Fsp3) is 0.323. The predicted octanol–water partition coefficient (Wildman–Crippen LogP) is 2.99. The summed E-state index contributed by atoms with van der Waals surface area (Å²) in [5.74, 6) is -0.236. The van der Waals surface area contributed by atoms with Crippen molar-refractivity contribution in [2.75, 3.05) is 25.0 Å². The number of amides is 2. The number of nitrogens with zero attached hydrogens (tertiary/aromatic N) is 4. The molecule has 10 heteroatoms. The topological polar surface area (TPSA) is 149 Å². The number of nitrogens with one attached hydrogen (secondary N) is 1. The second kappa shape index (κ2) is 11.9. The molecule has 2 aromatic heterocycles. The molecule has 3 heterocycles. The van der Waals surface area contributed by atoms with E-state index in [0.717, 1.165) is 49.1 Å². The van der Waals surface area contributed by atoms with Crippen molar-refractivity contribution in [3.8, 4) is 5.69 Å². The van der Waals surface area contributed by atoms with Crippen LogP contribution in [-0.2, 0) is 17.6 Å². The maximum atomic E-state index is 13.1. The standard InChI is InChI=1S/C31H35N7O3/c1-3-23(9-7-19(2)20-11-13-37(14-12-20)27(39)16-32)35-31-34-17-25-28(40)26(29(33)41)18-38(30(25)36-31)24-10-8-21-5-4-6-22(21)15-24/h3,7-10,15,17-18,20H,2,4-6,11-14,16,32H2,1H3,(H2,33,41)(H,34,35,36)/b9-7-,23-3+. The lowest BCUT2D eigenvalue weighted by Crippen LogP contribution is -2.41. The van der Waals surface area contributed by atoms with Crippen molar-refractivity contribution in [2.24, 2.45) is 17.4 Å². The molecule has 0 saturated carbocycles. The summed E-state index contributed by atoms with van der Waals surface area (Å²) in [6, 6.07) is 6.13. The monoisotopic (exact) mass is 553 g/mol. The molecule has 2 amide bonds. The smallest absolute Gasteiger partial charge is 0.254 e. The number of aryl methyl sites for hydroxylation is 2. The first-order valence-corrected chi connectivity index (χ1v) is 13.9. The Morgan fingerprint density at radius 1 is 1.17 bits per heavy atom. The Labute approximate surface area is 238 Å². The minimum Gasteiger partial charge on any atom is -0.365 e. The van der Waals surface area contributed by atoms with Gasteiger partial charge in [-0.05, 0) is 74.3 Å². The SMILES string of the molecule is C=C(/C=C\C(=C/C)Nc1ncc2c(=O)c(C(N)=O)cn(-c3ccc4c(c3)CCC4)c2n1)C1CCN(C(=O)CN)CC1. The number of anilines is 1. The molecular weight excluding hydrogens is 518 g/mol. The van der Waals surface area contributed by atoms with Crippen LogP contribution >= 0.6 is 0 Å². The van der Waals surface area contributed by atoms with Crippen LogP contribution in [0.15, 0.2) is 71.5 Å². The molecule has 0 unspecified atom stereocenters. The maximum absolute atomic E-state index is 13.1. The molecule has 1 fully saturated rings. The summed E-state index contributed by atoms with van der Waals surface area (Å²) < 4.78 is 1.73. The summed E-state index contributed by atoms with van der Waals surface area (Å²) in [4.78, 5) is 47.9. The highest BCUT2D eigenvalue weighted by atomic mass is 16.2. The van der Waals surface area contributed by atoms with Gasteiger partial charge < -0.3 is 26.3 Å². The largest absolute Gasteiger partial charge is 0.365 e. The molecule has 0 bridgehead atoms. The molecule has 212 valence electrons. The van der Waals surface area contributed by atoms with E-state index in [1.807, 2.05) is 31.2 Å². The van der Waals surface area contributed by atoms with E-state index in [-0.39, 0.29) is 29.3 Å². The fourth-order valence-corrected chi connectivity index (χ4v) is 5.55. The number of aromatic nitrogens is 3. The number of fused-ring (bicyclic) bond motifs is 2. The molecule has 3 aromatic rings. The van der Waals surface area contributed by atoms with Crippen LogP contribution < -0.4 is 22.2 Å². The van der Waals surface area contributed by atoms with Crippen molar-refractivity contribution in [3.63, 3.8) is 0 Å². The quantitative estimate of drug-likeness (QED) is 0.363. The van der Waals surface area contributed by atoms with Crippen molar-refractivity contribution < 1.29 is 9.59 Å². The number of hydrogen-bond donors (Lipinski definition) is 3. The van der Waals surface area contributed by atoms with E-state index in [0.29, 0.717) is 24.7 Å². The van der Waals surface area contributed by atoms with Crippen LogP contribution in [0.4, 0.5) is 5.95 Å². The molecular formula is C31H35N7O3. The van der Waals surface area contributed by atoms with Gasteiger partial charge in [-0.15, -0.1) is 0 Å². The molecule has 2 aliphatic rings. The third-order valence-corrected chi connectivity index (χ3v) is 7.96. The predicted molar refractivity (Wildman–Crippen MR) is 160 cm³/mol. The Morgan fingerprint density at radius 2 is 1.93 bits per heavy atom. The van der Waals surface area contributed by atoms with Gasteiger partial charge in [-0.25, -0.2) is 4.98 Å². The van der Waals surface area contributed by atoms with E-state index < -0.39 is 11.3 Å². The van der Waals surface area contributed by atoms with Crippen LogP contribution in [0.25, 0.3) is 16.7 Å². The Balaban J connectivity index is 1.40. The minimum absolute atomic E-state index is 0.0205. The van der Waals surface area contributed by atoms with Gasteiger partial charge >= 0.3 is 0 Å². The van der Waals surface area contributed by atoms with Crippen LogP contribution in [0.3, 0.4) is 0 Å². The normalized spacial score (nSPS) is 15.9. The number of likely N-dealkylation sites (tertiary alicyclic amines) is 1.